The standard InChI is InChI=1S/C20H22N4OS/c1-14-7-4-5-12-24(14)18(25)13-26-20-15(8-6-11-21-20)19-22-16-9-2-3-10-17(16)23-19/h2-3,6,8-11,14H,4-5,7,12-13H2,1H3,(H,22,23)/t14-/m1/s1. The van der Waals surface area contributed by atoms with Crippen molar-refractivity contribution in [3.8, 4) is 11.4 Å². The Hall–Kier alpha value is -2.34. The van der Waals surface area contributed by atoms with E-state index in [1.54, 1.807) is 6.20 Å². The number of aromatic nitrogens is 3. The molecule has 5 nitrogen and oxygen atoms in total. The van der Waals surface area contributed by atoms with E-state index in [-0.39, 0.29) is 5.91 Å². The molecule has 0 bridgehead atoms. The lowest BCUT2D eigenvalue weighted by Gasteiger charge is -2.33. The van der Waals surface area contributed by atoms with Crippen LogP contribution < -0.4 is 0 Å². The molecule has 1 N–H and O–H groups in total. The van der Waals surface area contributed by atoms with Gasteiger partial charge in [0, 0.05) is 24.3 Å². The molecule has 1 aromatic carbocycles. The summed E-state index contributed by atoms with van der Waals surface area (Å²) in [5, 5.41) is 0.838. The largest absolute Gasteiger partial charge is 0.339 e. The molecule has 0 aliphatic carbocycles. The number of thioether (sulfide) groups is 1. The number of benzene rings is 1. The molecule has 1 saturated heterocycles. The van der Waals surface area contributed by atoms with E-state index in [0.717, 1.165) is 46.8 Å². The third-order valence-electron chi connectivity index (χ3n) is 4.87. The highest BCUT2D eigenvalue weighted by atomic mass is 32.2. The average Bonchev–Trinajstić information content (AvgIpc) is 3.11. The van der Waals surface area contributed by atoms with Gasteiger partial charge in [-0.05, 0) is 50.5 Å². The number of aromatic amines is 1. The van der Waals surface area contributed by atoms with Crippen molar-refractivity contribution in [1.82, 2.24) is 19.9 Å². The van der Waals surface area contributed by atoms with E-state index in [1.165, 1.54) is 18.2 Å². The fourth-order valence-electron chi connectivity index (χ4n) is 3.45. The number of imidazole rings is 1. The van der Waals surface area contributed by atoms with Crippen LogP contribution in [0.3, 0.4) is 0 Å². The van der Waals surface area contributed by atoms with E-state index in [0.29, 0.717) is 11.8 Å². The van der Waals surface area contributed by atoms with E-state index in [1.807, 2.05) is 41.3 Å². The minimum Gasteiger partial charge on any atom is -0.339 e. The highest BCUT2D eigenvalue weighted by Gasteiger charge is 2.23. The first-order valence-corrected chi connectivity index (χ1v) is 10.0. The summed E-state index contributed by atoms with van der Waals surface area (Å²) in [4.78, 5) is 27.2. The Kier molecular flexibility index (Phi) is 4.93. The quantitative estimate of drug-likeness (QED) is 0.706. The summed E-state index contributed by atoms with van der Waals surface area (Å²) in [6, 6.07) is 12.2. The monoisotopic (exact) mass is 366 g/mol. The molecule has 0 saturated carbocycles. The van der Waals surface area contributed by atoms with E-state index in [4.69, 9.17) is 0 Å². The Balaban J connectivity index is 1.53. The van der Waals surface area contributed by atoms with Crippen molar-refractivity contribution in [2.24, 2.45) is 0 Å². The summed E-state index contributed by atoms with van der Waals surface area (Å²) in [6.07, 6.45) is 5.19. The number of piperidine rings is 1. The van der Waals surface area contributed by atoms with Crippen LogP contribution in [-0.4, -0.2) is 44.1 Å². The molecule has 3 aromatic rings. The maximum absolute atomic E-state index is 12.6. The Morgan fingerprint density at radius 1 is 1.27 bits per heavy atom. The molecule has 1 aliphatic rings. The number of nitrogens with zero attached hydrogens (tertiary/aromatic N) is 3. The second kappa shape index (κ2) is 7.50. The molecule has 4 rings (SSSR count). The van der Waals surface area contributed by atoms with Gasteiger partial charge in [0.25, 0.3) is 0 Å². The smallest absolute Gasteiger partial charge is 0.233 e. The fraction of sp³-hybridized carbons (Fsp3) is 0.350. The van der Waals surface area contributed by atoms with Crippen LogP contribution in [0.25, 0.3) is 22.4 Å². The van der Waals surface area contributed by atoms with Crippen LogP contribution >= 0.6 is 11.8 Å². The van der Waals surface area contributed by atoms with Crippen molar-refractivity contribution in [2.45, 2.75) is 37.3 Å². The van der Waals surface area contributed by atoms with Crippen molar-refractivity contribution in [2.75, 3.05) is 12.3 Å². The topological polar surface area (TPSA) is 61.9 Å². The number of pyridine rings is 1. The van der Waals surface area contributed by atoms with Crippen molar-refractivity contribution in [3.05, 3.63) is 42.6 Å². The van der Waals surface area contributed by atoms with Gasteiger partial charge in [-0.1, -0.05) is 23.9 Å². The van der Waals surface area contributed by atoms with Gasteiger partial charge in [0.15, 0.2) is 0 Å². The summed E-state index contributed by atoms with van der Waals surface area (Å²) in [6.45, 7) is 3.02. The summed E-state index contributed by atoms with van der Waals surface area (Å²) in [5.74, 6) is 1.40. The predicted molar refractivity (Wildman–Crippen MR) is 105 cm³/mol. The third-order valence-corrected chi connectivity index (χ3v) is 5.86. The van der Waals surface area contributed by atoms with Crippen LogP contribution in [0.4, 0.5) is 0 Å². The molecule has 1 atom stereocenters. The number of carbonyl (C=O) groups excluding carboxylic acids is 1. The number of H-pyrrole nitrogens is 1. The lowest BCUT2D eigenvalue weighted by atomic mass is 10.0. The fourth-order valence-corrected chi connectivity index (χ4v) is 4.33. The zero-order valence-electron chi connectivity index (χ0n) is 14.8. The van der Waals surface area contributed by atoms with Gasteiger partial charge >= 0.3 is 0 Å². The molecular weight excluding hydrogens is 344 g/mol. The second-order valence-corrected chi connectivity index (χ2v) is 7.64. The number of fused-ring (bicyclic) bond motifs is 1. The summed E-state index contributed by atoms with van der Waals surface area (Å²) in [5.41, 5.74) is 2.87. The Morgan fingerprint density at radius 3 is 3.00 bits per heavy atom. The molecule has 0 radical (unpaired) electrons. The van der Waals surface area contributed by atoms with Crippen LogP contribution in [0.1, 0.15) is 26.2 Å². The van der Waals surface area contributed by atoms with Crippen LogP contribution in [0.5, 0.6) is 0 Å². The minimum atomic E-state index is 0.198. The Labute approximate surface area is 157 Å². The lowest BCUT2D eigenvalue weighted by Crippen LogP contribution is -2.42. The maximum atomic E-state index is 12.6. The van der Waals surface area contributed by atoms with E-state index in [9.17, 15) is 4.79 Å². The first kappa shape index (κ1) is 17.1. The summed E-state index contributed by atoms with van der Waals surface area (Å²) < 4.78 is 0. The van der Waals surface area contributed by atoms with Gasteiger partial charge in [-0.15, -0.1) is 0 Å². The molecule has 1 fully saturated rings. The van der Waals surface area contributed by atoms with Crippen molar-refractivity contribution >= 4 is 28.7 Å². The van der Waals surface area contributed by atoms with Crippen molar-refractivity contribution in [1.29, 1.82) is 0 Å². The first-order valence-electron chi connectivity index (χ1n) is 9.05. The molecule has 6 heteroatoms. The molecule has 0 unspecified atom stereocenters. The maximum Gasteiger partial charge on any atom is 0.233 e. The predicted octanol–water partition coefficient (Wildman–Crippen LogP) is 4.12. The molecule has 1 aliphatic heterocycles. The number of rotatable bonds is 4. The highest BCUT2D eigenvalue weighted by Crippen LogP contribution is 2.29. The molecular formula is C20H22N4OS. The lowest BCUT2D eigenvalue weighted by molar-refractivity contribution is -0.131. The van der Waals surface area contributed by atoms with Gasteiger partial charge in [0.2, 0.25) is 5.91 Å². The van der Waals surface area contributed by atoms with Gasteiger partial charge in [-0.3, -0.25) is 4.79 Å². The van der Waals surface area contributed by atoms with Crippen LogP contribution in [0.2, 0.25) is 0 Å². The SMILES string of the molecule is C[C@@H]1CCCCN1C(=O)CSc1ncccc1-c1nc2ccccc2[nH]1. The number of para-hydroxylation sites is 2. The first-order chi connectivity index (χ1) is 12.7. The number of carbonyl (C=O) groups is 1. The number of nitrogens with one attached hydrogen (secondary N) is 1. The Morgan fingerprint density at radius 2 is 2.15 bits per heavy atom. The molecule has 1 amide bonds. The second-order valence-electron chi connectivity index (χ2n) is 6.68. The average molecular weight is 366 g/mol. The van der Waals surface area contributed by atoms with Gasteiger partial charge in [0.05, 0.1) is 16.8 Å². The number of hydrogen-bond acceptors (Lipinski definition) is 4. The van der Waals surface area contributed by atoms with Crippen LogP contribution in [0, 0.1) is 0 Å². The van der Waals surface area contributed by atoms with Crippen molar-refractivity contribution in [3.63, 3.8) is 0 Å². The zero-order valence-corrected chi connectivity index (χ0v) is 15.6. The number of amides is 1. The number of hydrogen-bond donors (Lipinski definition) is 1. The molecule has 134 valence electrons. The summed E-state index contributed by atoms with van der Waals surface area (Å²) in [7, 11) is 0. The van der Waals surface area contributed by atoms with Crippen LogP contribution in [0.15, 0.2) is 47.6 Å². The molecule has 2 aromatic heterocycles. The van der Waals surface area contributed by atoms with Crippen molar-refractivity contribution < 1.29 is 4.79 Å². The molecule has 3 heterocycles. The van der Waals surface area contributed by atoms with Gasteiger partial charge in [-0.25, -0.2) is 9.97 Å². The summed E-state index contributed by atoms with van der Waals surface area (Å²) >= 11 is 1.49. The van der Waals surface area contributed by atoms with Gasteiger partial charge in [-0.2, -0.15) is 0 Å². The normalized spacial score (nSPS) is 17.6. The van der Waals surface area contributed by atoms with Crippen LogP contribution in [-0.2, 0) is 4.79 Å². The van der Waals surface area contributed by atoms with E-state index >= 15 is 0 Å². The number of likely N-dealkylation sites (tertiary alicyclic amines) is 1. The molecule has 26 heavy (non-hydrogen) atoms. The van der Waals surface area contributed by atoms with E-state index in [2.05, 4.69) is 21.9 Å². The highest BCUT2D eigenvalue weighted by molar-refractivity contribution is 8.00. The van der Waals surface area contributed by atoms with Gasteiger partial charge in [0.1, 0.15) is 10.9 Å². The van der Waals surface area contributed by atoms with Gasteiger partial charge < -0.3 is 9.88 Å². The van der Waals surface area contributed by atoms with E-state index < -0.39 is 0 Å². The zero-order chi connectivity index (χ0) is 17.9. The third kappa shape index (κ3) is 3.46. The molecule has 0 spiro atoms. The Bertz CT molecular complexity index is 890. The minimum absolute atomic E-state index is 0.198.